The fourth-order valence-electron chi connectivity index (χ4n) is 4.08. The largest absolute Gasteiger partial charge is 0.504 e. The Balaban J connectivity index is 1.88. The van der Waals surface area contributed by atoms with Gasteiger partial charge in [-0.05, 0) is 50.0 Å². The van der Waals surface area contributed by atoms with Crippen molar-refractivity contribution in [2.75, 3.05) is 46.4 Å². The number of ether oxygens (including phenoxy) is 1. The van der Waals surface area contributed by atoms with Crippen LogP contribution in [0, 0.1) is 0 Å². The summed E-state index contributed by atoms with van der Waals surface area (Å²) in [5.41, 5.74) is 1.25. The molecule has 3 rings (SSSR count). The quantitative estimate of drug-likeness (QED) is 0.836. The van der Waals surface area contributed by atoms with Crippen molar-refractivity contribution < 1.29 is 9.84 Å². The summed E-state index contributed by atoms with van der Waals surface area (Å²) < 4.78 is 5.35. The second-order valence-electron chi connectivity index (χ2n) is 6.96. The lowest BCUT2D eigenvalue weighted by atomic mass is 9.99. The molecule has 2 saturated heterocycles. The van der Waals surface area contributed by atoms with Crippen LogP contribution in [0.1, 0.15) is 37.8 Å². The van der Waals surface area contributed by atoms with Crippen LogP contribution in [0.4, 0.5) is 0 Å². The average Bonchev–Trinajstić information content (AvgIpc) is 3.13. The predicted molar refractivity (Wildman–Crippen MR) is 96.7 cm³/mol. The molecule has 2 heterocycles. The molecule has 2 aliphatic heterocycles. The molecule has 2 fully saturated rings. The van der Waals surface area contributed by atoms with Gasteiger partial charge >= 0.3 is 0 Å². The van der Waals surface area contributed by atoms with Crippen molar-refractivity contribution in [2.24, 2.45) is 0 Å². The number of benzene rings is 1. The van der Waals surface area contributed by atoms with Crippen LogP contribution in [-0.2, 0) is 0 Å². The molecule has 0 spiro atoms. The first kappa shape index (κ1) is 17.5. The van der Waals surface area contributed by atoms with Crippen molar-refractivity contribution in [3.8, 4) is 11.5 Å². The third-order valence-corrected chi connectivity index (χ3v) is 5.49. The molecule has 2 N–H and O–H groups in total. The smallest absolute Gasteiger partial charge is 0.160 e. The Bertz CT molecular complexity index is 531. The molecule has 134 valence electrons. The molecular weight excluding hydrogens is 302 g/mol. The summed E-state index contributed by atoms with van der Waals surface area (Å²) in [7, 11) is 1.62. The first-order valence-corrected chi connectivity index (χ1v) is 9.28. The highest BCUT2D eigenvalue weighted by Gasteiger charge is 2.31. The summed E-state index contributed by atoms with van der Waals surface area (Å²) in [6.45, 7) is 8.91. The number of piperazine rings is 1. The zero-order valence-electron chi connectivity index (χ0n) is 15.0. The van der Waals surface area contributed by atoms with Crippen LogP contribution < -0.4 is 10.1 Å². The molecular formula is C19H31N3O2. The Hall–Kier alpha value is -1.30. The van der Waals surface area contributed by atoms with Crippen LogP contribution in [0.15, 0.2) is 18.2 Å². The Labute approximate surface area is 145 Å². The fourth-order valence-corrected chi connectivity index (χ4v) is 4.08. The molecule has 2 aliphatic rings. The summed E-state index contributed by atoms with van der Waals surface area (Å²) in [6, 6.07) is 6.77. The number of nitrogens with one attached hydrogen (secondary N) is 1. The van der Waals surface area contributed by atoms with Crippen LogP contribution in [0.25, 0.3) is 0 Å². The van der Waals surface area contributed by atoms with Gasteiger partial charge in [-0.2, -0.15) is 0 Å². The lowest BCUT2D eigenvalue weighted by molar-refractivity contribution is 0.0797. The van der Waals surface area contributed by atoms with Gasteiger partial charge in [-0.15, -0.1) is 0 Å². The highest BCUT2D eigenvalue weighted by molar-refractivity contribution is 5.43. The molecule has 5 heteroatoms. The van der Waals surface area contributed by atoms with Gasteiger partial charge in [-0.3, -0.25) is 4.90 Å². The van der Waals surface area contributed by atoms with Gasteiger partial charge in [0.2, 0.25) is 0 Å². The third-order valence-electron chi connectivity index (χ3n) is 5.49. The van der Waals surface area contributed by atoms with Crippen LogP contribution in [0.5, 0.6) is 11.5 Å². The van der Waals surface area contributed by atoms with Gasteiger partial charge in [-0.1, -0.05) is 13.0 Å². The van der Waals surface area contributed by atoms with Crippen LogP contribution in [0.2, 0.25) is 0 Å². The van der Waals surface area contributed by atoms with E-state index in [1.54, 1.807) is 13.2 Å². The van der Waals surface area contributed by atoms with Gasteiger partial charge in [-0.25, -0.2) is 0 Å². The standard InChI is InChI=1S/C19H31N3O2/c1-3-16-13-20-8-11-22(16)17(14-21-9-4-5-10-21)15-6-7-18(23)19(12-15)24-2/h6-7,12,16-17,20,23H,3-5,8-11,13-14H2,1-2H3. The Morgan fingerprint density at radius 2 is 2.08 bits per heavy atom. The van der Waals surface area contributed by atoms with Crippen molar-refractivity contribution >= 4 is 0 Å². The zero-order valence-corrected chi connectivity index (χ0v) is 15.0. The van der Waals surface area contributed by atoms with E-state index in [4.69, 9.17) is 4.74 Å². The summed E-state index contributed by atoms with van der Waals surface area (Å²) in [5.74, 6) is 0.788. The van der Waals surface area contributed by atoms with E-state index >= 15 is 0 Å². The number of rotatable bonds is 6. The lowest BCUT2D eigenvalue weighted by Crippen LogP contribution is -2.53. The first-order valence-electron chi connectivity index (χ1n) is 9.28. The van der Waals surface area contributed by atoms with Gasteiger partial charge in [0.15, 0.2) is 11.5 Å². The Morgan fingerprint density at radius 1 is 1.29 bits per heavy atom. The molecule has 1 aromatic carbocycles. The van der Waals surface area contributed by atoms with E-state index in [9.17, 15) is 5.11 Å². The minimum atomic E-state index is 0.216. The van der Waals surface area contributed by atoms with Crippen molar-refractivity contribution in [2.45, 2.75) is 38.3 Å². The number of likely N-dealkylation sites (tertiary alicyclic amines) is 1. The molecule has 0 saturated carbocycles. The molecule has 0 aromatic heterocycles. The molecule has 0 radical (unpaired) electrons. The maximum Gasteiger partial charge on any atom is 0.160 e. The normalized spacial score (nSPS) is 24.2. The fraction of sp³-hybridized carbons (Fsp3) is 0.684. The van der Waals surface area contributed by atoms with Gasteiger partial charge in [0.05, 0.1) is 7.11 Å². The highest BCUT2D eigenvalue weighted by atomic mass is 16.5. The second-order valence-corrected chi connectivity index (χ2v) is 6.96. The van der Waals surface area contributed by atoms with Gasteiger partial charge in [0, 0.05) is 38.3 Å². The van der Waals surface area contributed by atoms with Crippen LogP contribution in [-0.4, -0.2) is 67.3 Å². The number of nitrogens with zero attached hydrogens (tertiary/aromatic N) is 2. The number of phenolic OH excluding ortho intramolecular Hbond substituents is 1. The number of phenols is 1. The maximum absolute atomic E-state index is 9.95. The average molecular weight is 333 g/mol. The summed E-state index contributed by atoms with van der Waals surface area (Å²) in [5, 5.41) is 13.5. The number of hydrogen-bond acceptors (Lipinski definition) is 5. The number of methoxy groups -OCH3 is 1. The molecule has 1 aromatic rings. The minimum Gasteiger partial charge on any atom is -0.504 e. The maximum atomic E-state index is 9.95. The second kappa shape index (κ2) is 8.19. The van der Waals surface area contributed by atoms with E-state index in [1.165, 1.54) is 31.5 Å². The summed E-state index contributed by atoms with van der Waals surface area (Å²) >= 11 is 0. The van der Waals surface area contributed by atoms with E-state index in [1.807, 2.05) is 6.07 Å². The zero-order chi connectivity index (χ0) is 16.9. The first-order chi connectivity index (χ1) is 11.7. The van der Waals surface area contributed by atoms with Crippen LogP contribution in [0.3, 0.4) is 0 Å². The molecule has 0 amide bonds. The van der Waals surface area contributed by atoms with Crippen molar-refractivity contribution in [3.63, 3.8) is 0 Å². The Kier molecular flexibility index (Phi) is 5.98. The van der Waals surface area contributed by atoms with E-state index in [0.29, 0.717) is 17.8 Å². The summed E-state index contributed by atoms with van der Waals surface area (Å²) in [6.07, 6.45) is 3.77. The van der Waals surface area contributed by atoms with Crippen molar-refractivity contribution in [1.29, 1.82) is 0 Å². The number of aromatic hydroxyl groups is 1. The van der Waals surface area contributed by atoms with E-state index in [-0.39, 0.29) is 5.75 Å². The molecule has 2 atom stereocenters. The van der Waals surface area contributed by atoms with E-state index < -0.39 is 0 Å². The number of hydrogen-bond donors (Lipinski definition) is 2. The van der Waals surface area contributed by atoms with Crippen molar-refractivity contribution in [1.82, 2.24) is 15.1 Å². The highest BCUT2D eigenvalue weighted by Crippen LogP contribution is 2.33. The minimum absolute atomic E-state index is 0.216. The lowest BCUT2D eigenvalue weighted by Gasteiger charge is -2.43. The van der Waals surface area contributed by atoms with E-state index in [2.05, 4.69) is 28.1 Å². The van der Waals surface area contributed by atoms with Gasteiger partial charge in [0.1, 0.15) is 0 Å². The molecule has 2 unspecified atom stereocenters. The molecule has 5 nitrogen and oxygen atoms in total. The van der Waals surface area contributed by atoms with Crippen molar-refractivity contribution in [3.05, 3.63) is 23.8 Å². The Morgan fingerprint density at radius 3 is 2.79 bits per heavy atom. The molecule has 24 heavy (non-hydrogen) atoms. The van der Waals surface area contributed by atoms with Gasteiger partial charge in [0.25, 0.3) is 0 Å². The monoisotopic (exact) mass is 333 g/mol. The predicted octanol–water partition coefficient (Wildman–Crippen LogP) is 2.22. The third kappa shape index (κ3) is 3.85. The molecule has 0 aliphatic carbocycles. The van der Waals surface area contributed by atoms with Gasteiger partial charge < -0.3 is 20.1 Å². The topological polar surface area (TPSA) is 48.0 Å². The van der Waals surface area contributed by atoms with E-state index in [0.717, 1.165) is 32.6 Å². The van der Waals surface area contributed by atoms with Crippen LogP contribution >= 0.6 is 0 Å². The summed E-state index contributed by atoms with van der Waals surface area (Å²) in [4.78, 5) is 5.24. The SMILES string of the molecule is CCC1CNCCN1C(CN1CCCC1)c1ccc(O)c(OC)c1. The molecule has 0 bridgehead atoms.